The van der Waals surface area contributed by atoms with Crippen LogP contribution in [-0.2, 0) is 21.7 Å². The van der Waals surface area contributed by atoms with Crippen LogP contribution < -0.4 is 0 Å². The third-order valence-electron chi connectivity index (χ3n) is 7.02. The molecule has 0 amide bonds. The average Bonchev–Trinajstić information content (AvgIpc) is 3.31. The zero-order chi connectivity index (χ0) is 25.0. The van der Waals surface area contributed by atoms with Crippen LogP contribution in [0.2, 0.25) is 0 Å². The number of imidazole rings is 1. The van der Waals surface area contributed by atoms with Crippen molar-refractivity contribution in [2.24, 2.45) is 10.9 Å². The zero-order valence-corrected chi connectivity index (χ0v) is 20.8. The summed E-state index contributed by atoms with van der Waals surface area (Å²) in [6.07, 6.45) is 17.0. The van der Waals surface area contributed by atoms with Gasteiger partial charge in [0.15, 0.2) is 0 Å². The van der Waals surface area contributed by atoms with Crippen molar-refractivity contribution >= 4 is 18.3 Å². The van der Waals surface area contributed by atoms with E-state index in [1.54, 1.807) is 0 Å². The summed E-state index contributed by atoms with van der Waals surface area (Å²) in [6.45, 7) is 4.16. The number of unbranched alkanes of at least 4 members (excludes halogenated alkanes) is 2. The van der Waals surface area contributed by atoms with Crippen LogP contribution in [0.5, 0.6) is 0 Å². The molecule has 1 saturated heterocycles. The van der Waals surface area contributed by atoms with Crippen molar-refractivity contribution < 1.29 is 19.8 Å². The lowest BCUT2D eigenvalue weighted by atomic mass is 9.83. The number of H-pyrrole nitrogens is 1. The zero-order valence-electron chi connectivity index (χ0n) is 20.8. The number of aliphatic imine (C=N–C) groups is 1. The molecule has 3 atom stereocenters. The van der Waals surface area contributed by atoms with Gasteiger partial charge in [-0.25, -0.2) is 4.98 Å². The quantitative estimate of drug-likeness (QED) is 0.359. The molecular formula is C27H36N4O4. The first-order chi connectivity index (χ1) is 16.8. The van der Waals surface area contributed by atoms with Gasteiger partial charge in [-0.3, -0.25) is 14.6 Å². The molecule has 35 heavy (non-hydrogen) atoms. The summed E-state index contributed by atoms with van der Waals surface area (Å²) in [5.41, 5.74) is 4.44. The highest BCUT2D eigenvalue weighted by Gasteiger charge is 2.47. The van der Waals surface area contributed by atoms with Crippen LogP contribution in [0, 0.1) is 5.92 Å². The van der Waals surface area contributed by atoms with Gasteiger partial charge in [0.1, 0.15) is 11.4 Å². The second-order valence-corrected chi connectivity index (χ2v) is 9.93. The second-order valence-electron chi connectivity index (χ2n) is 9.93. The van der Waals surface area contributed by atoms with E-state index >= 15 is 0 Å². The molecule has 1 aromatic rings. The maximum atomic E-state index is 10.7. The largest absolute Gasteiger partial charge is 0.481 e. The molecule has 8 heteroatoms. The first-order valence-corrected chi connectivity index (χ1v) is 12.4. The van der Waals surface area contributed by atoms with Crippen molar-refractivity contribution in [3.63, 3.8) is 0 Å². The second kappa shape index (κ2) is 10.8. The summed E-state index contributed by atoms with van der Waals surface area (Å²) in [7, 11) is 1.97. The molecule has 3 unspecified atom stereocenters. The molecule has 3 N–H and O–H groups in total. The van der Waals surface area contributed by atoms with Gasteiger partial charge in [0.2, 0.25) is 0 Å². The number of hydrogen-bond donors (Lipinski definition) is 3. The van der Waals surface area contributed by atoms with Crippen molar-refractivity contribution in [3.8, 4) is 0 Å². The smallest absolute Gasteiger partial charge is 0.303 e. The Bertz CT molecular complexity index is 1100. The number of nitrogens with one attached hydrogen (secondary N) is 1. The monoisotopic (exact) mass is 480 g/mol. The summed E-state index contributed by atoms with van der Waals surface area (Å²) < 4.78 is 0. The lowest BCUT2D eigenvalue weighted by molar-refractivity contribution is -0.193. The molecule has 3 aliphatic rings. The summed E-state index contributed by atoms with van der Waals surface area (Å²) in [5, 5.41) is 20.5. The van der Waals surface area contributed by atoms with Crippen molar-refractivity contribution in [3.05, 3.63) is 58.4 Å². The van der Waals surface area contributed by atoms with Gasteiger partial charge in [-0.1, -0.05) is 29.9 Å². The van der Waals surface area contributed by atoms with Crippen LogP contribution >= 0.6 is 0 Å². The van der Waals surface area contributed by atoms with E-state index in [9.17, 15) is 9.90 Å². The number of carboxylic acid groups (broad SMARTS) is 1. The molecule has 0 saturated carbocycles. The van der Waals surface area contributed by atoms with Crippen LogP contribution in [0.25, 0.3) is 6.08 Å². The predicted octanol–water partition coefficient (Wildman–Crippen LogP) is 4.31. The van der Waals surface area contributed by atoms with Crippen molar-refractivity contribution in [2.45, 2.75) is 70.4 Å². The van der Waals surface area contributed by atoms with Gasteiger partial charge in [-0.05, 0) is 51.2 Å². The molecule has 188 valence electrons. The standard InChI is InChI=1S/C27H36N4O4/c1-18-8-7-9-21-23(14-18)30-26(29-21)27(2)16-24(31(3)35-27)19-11-12-20(17-32)22(15-19)28-13-6-4-5-10-25(33)34/h7-9,12-13,15,19,24,32H,4-6,10-11,14,16-17H2,1-3H3,(H,29,30)(H,33,34). The molecule has 8 nitrogen and oxygen atoms in total. The molecule has 1 aliphatic heterocycles. The normalized spacial score (nSPS) is 26.9. The number of nitrogens with zero attached hydrogens (tertiary/aromatic N) is 3. The SMILES string of the molecule is CC1=CC=Cc2nc(C3(C)CC(C4C=C(N=CCCCCC(=O)O)C(CO)=CC4)N(C)O3)[nH]c2C1. The predicted molar refractivity (Wildman–Crippen MR) is 136 cm³/mol. The Hall–Kier alpha value is -2.81. The summed E-state index contributed by atoms with van der Waals surface area (Å²) >= 11 is 0. The Morgan fingerprint density at radius 2 is 2.26 bits per heavy atom. The van der Waals surface area contributed by atoms with Gasteiger partial charge in [0, 0.05) is 50.2 Å². The highest BCUT2D eigenvalue weighted by atomic mass is 16.7. The third kappa shape index (κ3) is 5.89. The van der Waals surface area contributed by atoms with Crippen molar-refractivity contribution in [1.29, 1.82) is 0 Å². The number of aliphatic carboxylic acids is 1. The lowest BCUT2D eigenvalue weighted by Gasteiger charge is -2.27. The molecule has 2 aliphatic carbocycles. The van der Waals surface area contributed by atoms with Gasteiger partial charge >= 0.3 is 5.97 Å². The van der Waals surface area contributed by atoms with E-state index < -0.39 is 11.6 Å². The number of carboxylic acids is 1. The van der Waals surface area contributed by atoms with Crippen molar-refractivity contribution in [1.82, 2.24) is 15.0 Å². The highest BCUT2D eigenvalue weighted by Crippen LogP contribution is 2.43. The Balaban J connectivity index is 1.45. The van der Waals surface area contributed by atoms with Crippen LogP contribution in [0.3, 0.4) is 0 Å². The number of carbonyl (C=O) groups is 1. The number of allylic oxidation sites excluding steroid dienone is 4. The van der Waals surface area contributed by atoms with Crippen LogP contribution in [0.1, 0.15) is 69.6 Å². The number of rotatable bonds is 9. The van der Waals surface area contributed by atoms with Crippen molar-refractivity contribution in [2.75, 3.05) is 13.7 Å². The molecule has 1 aromatic heterocycles. The van der Waals surface area contributed by atoms with E-state index in [1.165, 1.54) is 5.57 Å². The van der Waals surface area contributed by atoms with E-state index in [2.05, 4.69) is 42.1 Å². The lowest BCUT2D eigenvalue weighted by Crippen LogP contribution is -2.31. The van der Waals surface area contributed by atoms with E-state index in [0.29, 0.717) is 12.8 Å². The van der Waals surface area contributed by atoms with Crippen LogP contribution in [0.4, 0.5) is 0 Å². The van der Waals surface area contributed by atoms with Crippen LogP contribution in [-0.4, -0.2) is 57.1 Å². The van der Waals surface area contributed by atoms with E-state index in [-0.39, 0.29) is 25.0 Å². The Kier molecular flexibility index (Phi) is 7.84. The first-order valence-electron chi connectivity index (χ1n) is 12.4. The fraction of sp³-hybridized carbons (Fsp3) is 0.519. The highest BCUT2D eigenvalue weighted by molar-refractivity contribution is 5.66. The van der Waals surface area contributed by atoms with Gasteiger partial charge in [-0.2, -0.15) is 5.06 Å². The molecule has 0 radical (unpaired) electrons. The molecule has 0 spiro atoms. The molecule has 0 aromatic carbocycles. The maximum Gasteiger partial charge on any atom is 0.303 e. The number of hydroxylamine groups is 2. The molecule has 0 bridgehead atoms. The summed E-state index contributed by atoms with van der Waals surface area (Å²) in [5.74, 6) is 0.269. The van der Waals surface area contributed by atoms with E-state index in [4.69, 9.17) is 14.9 Å². The summed E-state index contributed by atoms with van der Waals surface area (Å²) in [6, 6.07) is 0.138. The number of fused-ring (bicyclic) bond motifs is 1. The van der Waals surface area contributed by atoms with Gasteiger partial charge in [0.25, 0.3) is 0 Å². The fourth-order valence-corrected chi connectivity index (χ4v) is 5.07. The van der Waals surface area contributed by atoms with E-state index in [0.717, 1.165) is 54.2 Å². The third-order valence-corrected chi connectivity index (χ3v) is 7.02. The number of aliphatic hydroxyl groups excluding tert-OH is 1. The average molecular weight is 481 g/mol. The summed E-state index contributed by atoms with van der Waals surface area (Å²) in [4.78, 5) is 30.1. The van der Waals surface area contributed by atoms with E-state index in [1.807, 2.05) is 30.5 Å². The number of aromatic amines is 1. The maximum absolute atomic E-state index is 10.7. The fourth-order valence-electron chi connectivity index (χ4n) is 5.07. The Morgan fingerprint density at radius 1 is 1.43 bits per heavy atom. The molecule has 2 heterocycles. The van der Waals surface area contributed by atoms with Gasteiger partial charge in [0.05, 0.1) is 18.0 Å². The number of aliphatic hydroxyl groups is 1. The van der Waals surface area contributed by atoms with Gasteiger partial charge < -0.3 is 15.2 Å². The number of aromatic nitrogens is 2. The Labute approximate surface area is 206 Å². The molecule has 1 fully saturated rings. The van der Waals surface area contributed by atoms with Gasteiger partial charge in [-0.15, -0.1) is 0 Å². The Morgan fingerprint density at radius 3 is 3.03 bits per heavy atom. The minimum atomic E-state index is -0.770. The molecular weight excluding hydrogens is 444 g/mol. The van der Waals surface area contributed by atoms with Crippen LogP contribution in [0.15, 0.2) is 46.1 Å². The minimum absolute atomic E-state index is 0.0526. The first kappa shape index (κ1) is 25.3. The number of hydrogen-bond acceptors (Lipinski definition) is 6. The molecule has 4 rings (SSSR count). The minimum Gasteiger partial charge on any atom is -0.481 e. The topological polar surface area (TPSA) is 111 Å².